The van der Waals surface area contributed by atoms with Gasteiger partial charge in [0.25, 0.3) is 0 Å². The molecule has 1 fully saturated rings. The fraction of sp³-hybridized carbons (Fsp3) is 0.583. The first-order valence-electron chi connectivity index (χ1n) is 5.80. The molecule has 1 aliphatic rings. The molecule has 0 radical (unpaired) electrons. The van der Waals surface area contributed by atoms with Gasteiger partial charge in [-0.2, -0.15) is 0 Å². The van der Waals surface area contributed by atoms with Gasteiger partial charge >= 0.3 is 0 Å². The van der Waals surface area contributed by atoms with Gasteiger partial charge in [0, 0.05) is 18.0 Å². The van der Waals surface area contributed by atoms with Gasteiger partial charge in [-0.1, -0.05) is 11.6 Å². The Morgan fingerprint density at radius 2 is 2.41 bits per heavy atom. The highest BCUT2D eigenvalue weighted by molar-refractivity contribution is 7.16. The minimum Gasteiger partial charge on any atom is -0.340 e. The number of thiophene rings is 1. The van der Waals surface area contributed by atoms with Crippen LogP contribution in [0.5, 0.6) is 0 Å². The molecule has 1 aliphatic heterocycles. The number of carbonyl (C=O) groups excluding carboxylic acids is 1. The van der Waals surface area contributed by atoms with Crippen molar-refractivity contribution in [1.82, 2.24) is 10.2 Å². The molecule has 17 heavy (non-hydrogen) atoms. The van der Waals surface area contributed by atoms with Gasteiger partial charge < -0.3 is 10.2 Å². The fourth-order valence-corrected chi connectivity index (χ4v) is 3.37. The van der Waals surface area contributed by atoms with Gasteiger partial charge in [0.05, 0.1) is 16.8 Å². The first-order chi connectivity index (χ1) is 8.08. The van der Waals surface area contributed by atoms with E-state index in [-0.39, 0.29) is 17.9 Å². The van der Waals surface area contributed by atoms with E-state index in [1.165, 1.54) is 11.3 Å². The highest BCUT2D eigenvalue weighted by Crippen LogP contribution is 2.24. The van der Waals surface area contributed by atoms with Crippen LogP contribution in [0.1, 0.15) is 18.2 Å². The van der Waals surface area contributed by atoms with Gasteiger partial charge in [-0.05, 0) is 32.0 Å². The van der Waals surface area contributed by atoms with E-state index in [1.54, 1.807) is 4.90 Å². The lowest BCUT2D eigenvalue weighted by Crippen LogP contribution is -2.37. The van der Waals surface area contributed by atoms with Gasteiger partial charge in [0.2, 0.25) is 5.91 Å². The van der Waals surface area contributed by atoms with E-state index in [1.807, 2.05) is 19.2 Å². The van der Waals surface area contributed by atoms with Crippen LogP contribution in [0.15, 0.2) is 12.1 Å². The smallest absolute Gasteiger partial charge is 0.227 e. The summed E-state index contributed by atoms with van der Waals surface area (Å²) in [6, 6.07) is 4.14. The van der Waals surface area contributed by atoms with Crippen LogP contribution < -0.4 is 5.32 Å². The van der Waals surface area contributed by atoms with Crippen molar-refractivity contribution in [3.8, 4) is 0 Å². The van der Waals surface area contributed by atoms with Crippen LogP contribution in [0.4, 0.5) is 0 Å². The first-order valence-corrected chi connectivity index (χ1v) is 7.00. The Kier molecular flexibility index (Phi) is 4.07. The lowest BCUT2D eigenvalue weighted by Gasteiger charge is -2.22. The van der Waals surface area contributed by atoms with Crippen molar-refractivity contribution in [1.29, 1.82) is 0 Å². The average Bonchev–Trinajstić information content (AvgIpc) is 2.86. The summed E-state index contributed by atoms with van der Waals surface area (Å²) in [4.78, 5) is 15.2. The zero-order valence-electron chi connectivity index (χ0n) is 10.1. The Hall–Kier alpha value is -0.580. The number of amides is 1. The van der Waals surface area contributed by atoms with Crippen LogP contribution in [-0.2, 0) is 11.3 Å². The molecule has 3 nitrogen and oxygen atoms in total. The molecule has 0 saturated carbocycles. The molecule has 0 bridgehead atoms. The van der Waals surface area contributed by atoms with Crippen molar-refractivity contribution in [2.24, 2.45) is 5.92 Å². The Balaban J connectivity index is 1.95. The van der Waals surface area contributed by atoms with Gasteiger partial charge in [0.15, 0.2) is 0 Å². The van der Waals surface area contributed by atoms with E-state index in [9.17, 15) is 4.79 Å². The molecule has 1 saturated heterocycles. The molecule has 5 heteroatoms. The summed E-state index contributed by atoms with van der Waals surface area (Å²) < 4.78 is 0.775. The number of nitrogens with one attached hydrogen (secondary N) is 1. The van der Waals surface area contributed by atoms with Crippen molar-refractivity contribution < 1.29 is 4.79 Å². The number of nitrogens with zero attached hydrogens (tertiary/aromatic N) is 1. The minimum atomic E-state index is 0.121. The van der Waals surface area contributed by atoms with Gasteiger partial charge in [-0.3, -0.25) is 4.79 Å². The molecule has 2 rings (SSSR count). The van der Waals surface area contributed by atoms with Crippen LogP contribution in [0.2, 0.25) is 4.34 Å². The number of hydrogen-bond acceptors (Lipinski definition) is 3. The predicted molar refractivity (Wildman–Crippen MR) is 71.4 cm³/mol. The second-order valence-corrected chi connectivity index (χ2v) is 6.34. The molecule has 0 spiro atoms. The first kappa shape index (κ1) is 12.9. The number of hydrogen-bond donors (Lipinski definition) is 1. The molecule has 1 amide bonds. The Bertz CT molecular complexity index is 407. The molecule has 2 atom stereocenters. The third-order valence-corrected chi connectivity index (χ3v) is 4.46. The van der Waals surface area contributed by atoms with Crippen LogP contribution in [-0.4, -0.2) is 30.4 Å². The average molecular weight is 273 g/mol. The van der Waals surface area contributed by atoms with E-state index >= 15 is 0 Å². The maximum absolute atomic E-state index is 12.2. The SMILES string of the molecule is CC1NCCC1C(=O)N(C)Cc1ccc(Cl)s1. The lowest BCUT2D eigenvalue weighted by atomic mass is 10.0. The van der Waals surface area contributed by atoms with Crippen LogP contribution in [0, 0.1) is 5.92 Å². The van der Waals surface area contributed by atoms with Gasteiger partial charge in [0.1, 0.15) is 0 Å². The van der Waals surface area contributed by atoms with E-state index in [0.29, 0.717) is 6.54 Å². The molecule has 0 aliphatic carbocycles. The summed E-state index contributed by atoms with van der Waals surface area (Å²) in [6.07, 6.45) is 0.940. The van der Waals surface area contributed by atoms with Crippen LogP contribution in [0.3, 0.4) is 0 Å². The van der Waals surface area contributed by atoms with E-state index in [4.69, 9.17) is 11.6 Å². The Morgan fingerprint density at radius 3 is 2.94 bits per heavy atom. The van der Waals surface area contributed by atoms with E-state index in [0.717, 1.165) is 22.2 Å². The predicted octanol–water partition coefficient (Wildman–Crippen LogP) is 2.36. The summed E-state index contributed by atoms with van der Waals surface area (Å²) in [5, 5.41) is 3.31. The second kappa shape index (κ2) is 5.38. The lowest BCUT2D eigenvalue weighted by molar-refractivity contribution is -0.134. The van der Waals surface area contributed by atoms with Gasteiger partial charge in [-0.15, -0.1) is 11.3 Å². The molecule has 2 heterocycles. The fourth-order valence-electron chi connectivity index (χ4n) is 2.23. The Morgan fingerprint density at radius 1 is 1.65 bits per heavy atom. The molecular weight excluding hydrogens is 256 g/mol. The van der Waals surface area contributed by atoms with Crippen LogP contribution >= 0.6 is 22.9 Å². The molecule has 94 valence electrons. The summed E-state index contributed by atoms with van der Waals surface area (Å²) >= 11 is 7.41. The summed E-state index contributed by atoms with van der Waals surface area (Å²) in [7, 11) is 1.86. The third kappa shape index (κ3) is 3.00. The summed E-state index contributed by atoms with van der Waals surface area (Å²) in [5.74, 6) is 0.349. The monoisotopic (exact) mass is 272 g/mol. The van der Waals surface area contributed by atoms with Crippen LogP contribution in [0.25, 0.3) is 0 Å². The molecule has 2 unspecified atom stereocenters. The standard InChI is InChI=1S/C12H17ClN2OS/c1-8-10(5-6-14-8)12(16)15(2)7-9-3-4-11(13)17-9/h3-4,8,10,14H,5-7H2,1-2H3. The summed E-state index contributed by atoms with van der Waals surface area (Å²) in [6.45, 7) is 3.67. The highest BCUT2D eigenvalue weighted by Gasteiger charge is 2.31. The highest BCUT2D eigenvalue weighted by atomic mass is 35.5. The number of carbonyl (C=O) groups is 1. The molecule has 1 aromatic rings. The molecule has 0 aromatic carbocycles. The van der Waals surface area contributed by atoms with Crippen molar-refractivity contribution in [3.05, 3.63) is 21.3 Å². The third-order valence-electron chi connectivity index (χ3n) is 3.24. The van der Waals surface area contributed by atoms with Crippen molar-refractivity contribution in [2.75, 3.05) is 13.6 Å². The van der Waals surface area contributed by atoms with Crippen molar-refractivity contribution >= 4 is 28.8 Å². The normalized spacial score (nSPS) is 23.9. The molecule has 1 N–H and O–H groups in total. The van der Waals surface area contributed by atoms with Crippen molar-refractivity contribution in [2.45, 2.75) is 25.9 Å². The van der Waals surface area contributed by atoms with Gasteiger partial charge in [-0.25, -0.2) is 0 Å². The van der Waals surface area contributed by atoms with E-state index in [2.05, 4.69) is 12.2 Å². The second-order valence-electron chi connectivity index (χ2n) is 4.54. The molecule has 1 aromatic heterocycles. The van der Waals surface area contributed by atoms with Crippen molar-refractivity contribution in [3.63, 3.8) is 0 Å². The number of rotatable bonds is 3. The topological polar surface area (TPSA) is 32.3 Å². The molecular formula is C12H17ClN2OS. The Labute approximate surface area is 111 Å². The zero-order valence-corrected chi connectivity index (χ0v) is 11.6. The number of halogens is 1. The van der Waals surface area contributed by atoms with E-state index < -0.39 is 0 Å². The zero-order chi connectivity index (χ0) is 12.4. The maximum Gasteiger partial charge on any atom is 0.227 e. The summed E-state index contributed by atoms with van der Waals surface area (Å²) in [5.41, 5.74) is 0. The minimum absolute atomic E-state index is 0.121. The maximum atomic E-state index is 12.2. The quantitative estimate of drug-likeness (QED) is 0.916. The largest absolute Gasteiger partial charge is 0.340 e.